The Hall–Kier alpha value is -3.72. The molecule has 0 saturated carbocycles. The largest absolute Gasteiger partial charge is 0.473 e. The molecule has 9 heteroatoms. The Morgan fingerprint density at radius 2 is 1.64 bits per heavy atom. The Labute approximate surface area is 191 Å². The van der Waals surface area contributed by atoms with Crippen LogP contribution in [0.25, 0.3) is 11.0 Å². The van der Waals surface area contributed by atoms with Crippen molar-refractivity contribution in [3.8, 4) is 0 Å². The van der Waals surface area contributed by atoms with Crippen molar-refractivity contribution in [1.29, 1.82) is 0 Å². The molecule has 174 valence electrons. The average molecular weight is 453 g/mol. The number of likely N-dealkylation sites (tertiary alicyclic amines) is 1. The number of carboxylic acid groups (broad SMARTS) is 2. The molecule has 2 heterocycles. The second-order valence-electron chi connectivity index (χ2n) is 8.00. The summed E-state index contributed by atoms with van der Waals surface area (Å²) in [4.78, 5) is 41.2. The minimum absolute atomic E-state index is 0.0484. The highest BCUT2D eigenvalue weighted by Crippen LogP contribution is 2.21. The summed E-state index contributed by atoms with van der Waals surface area (Å²) in [7, 11) is 0. The molecule has 1 aliphatic heterocycles. The molecule has 2 aromatic carbocycles. The van der Waals surface area contributed by atoms with Crippen LogP contribution in [0.2, 0.25) is 0 Å². The first-order valence-electron chi connectivity index (χ1n) is 10.8. The minimum Gasteiger partial charge on any atom is -0.473 e. The first kappa shape index (κ1) is 23.9. The highest BCUT2D eigenvalue weighted by molar-refractivity contribution is 6.27. The lowest BCUT2D eigenvalue weighted by Gasteiger charge is -2.31. The van der Waals surface area contributed by atoms with Crippen LogP contribution in [0.1, 0.15) is 37.2 Å². The molecule has 1 amide bonds. The van der Waals surface area contributed by atoms with Crippen molar-refractivity contribution in [2.24, 2.45) is 5.92 Å². The predicted molar refractivity (Wildman–Crippen MR) is 122 cm³/mol. The summed E-state index contributed by atoms with van der Waals surface area (Å²) in [6.07, 6.45) is 1.79. The summed E-state index contributed by atoms with van der Waals surface area (Å²) >= 11 is 0. The molecule has 1 fully saturated rings. The number of aromatic amines is 1. The number of H-pyrrole nitrogens is 1. The molecule has 1 saturated heterocycles. The molecule has 0 bridgehead atoms. The highest BCUT2D eigenvalue weighted by Gasteiger charge is 2.26. The van der Waals surface area contributed by atoms with Crippen molar-refractivity contribution in [2.45, 2.75) is 32.4 Å². The van der Waals surface area contributed by atoms with Crippen molar-refractivity contribution in [3.63, 3.8) is 0 Å². The van der Waals surface area contributed by atoms with E-state index in [9.17, 15) is 4.79 Å². The summed E-state index contributed by atoms with van der Waals surface area (Å²) in [5.41, 5.74) is 3.24. The zero-order valence-electron chi connectivity index (χ0n) is 18.4. The van der Waals surface area contributed by atoms with Gasteiger partial charge in [-0.25, -0.2) is 14.6 Å². The molecule has 4 rings (SSSR count). The minimum atomic E-state index is -1.82. The molecule has 3 aromatic rings. The van der Waals surface area contributed by atoms with E-state index in [4.69, 9.17) is 19.8 Å². The van der Waals surface area contributed by atoms with Gasteiger partial charge in [-0.15, -0.1) is 0 Å². The summed E-state index contributed by atoms with van der Waals surface area (Å²) in [6.45, 7) is 4.71. The Bertz CT molecular complexity index is 1050. The number of nitrogens with one attached hydrogen (secondary N) is 2. The summed E-state index contributed by atoms with van der Waals surface area (Å²) in [6, 6.07) is 18.3. The lowest BCUT2D eigenvalue weighted by Crippen LogP contribution is -2.41. The number of imidazole rings is 1. The Morgan fingerprint density at radius 3 is 2.24 bits per heavy atom. The fraction of sp³-hybridized carbons (Fsp3) is 0.333. The van der Waals surface area contributed by atoms with Crippen molar-refractivity contribution in [1.82, 2.24) is 20.2 Å². The number of para-hydroxylation sites is 2. The van der Waals surface area contributed by atoms with Gasteiger partial charge in [-0.2, -0.15) is 0 Å². The molecule has 0 radical (unpaired) electrons. The zero-order chi connectivity index (χ0) is 23.8. The number of aliphatic carboxylic acids is 2. The van der Waals surface area contributed by atoms with Crippen LogP contribution in [0.3, 0.4) is 0 Å². The molecule has 33 heavy (non-hydrogen) atoms. The van der Waals surface area contributed by atoms with E-state index in [0.717, 1.165) is 54.9 Å². The van der Waals surface area contributed by atoms with Gasteiger partial charge in [0.1, 0.15) is 5.82 Å². The van der Waals surface area contributed by atoms with E-state index in [1.807, 2.05) is 43.3 Å². The van der Waals surface area contributed by atoms with Gasteiger partial charge in [0, 0.05) is 5.92 Å². The number of nitrogens with zero attached hydrogens (tertiary/aromatic N) is 2. The van der Waals surface area contributed by atoms with Gasteiger partial charge in [0.25, 0.3) is 0 Å². The summed E-state index contributed by atoms with van der Waals surface area (Å²) in [5, 5.41) is 18.0. The van der Waals surface area contributed by atoms with E-state index in [-0.39, 0.29) is 17.9 Å². The molecule has 1 aromatic heterocycles. The van der Waals surface area contributed by atoms with E-state index >= 15 is 0 Å². The molecule has 1 unspecified atom stereocenters. The number of rotatable bonds is 5. The lowest BCUT2D eigenvalue weighted by atomic mass is 9.95. The molecule has 9 nitrogen and oxygen atoms in total. The van der Waals surface area contributed by atoms with Crippen LogP contribution in [0.4, 0.5) is 0 Å². The fourth-order valence-electron chi connectivity index (χ4n) is 3.80. The van der Waals surface area contributed by atoms with E-state index in [2.05, 4.69) is 38.4 Å². The number of aromatic nitrogens is 2. The van der Waals surface area contributed by atoms with Crippen molar-refractivity contribution in [3.05, 3.63) is 66.0 Å². The predicted octanol–water partition coefficient (Wildman–Crippen LogP) is 2.81. The topological polar surface area (TPSA) is 136 Å². The summed E-state index contributed by atoms with van der Waals surface area (Å²) in [5.74, 6) is -2.38. The maximum absolute atomic E-state index is 12.6. The normalized spacial score (nSPS) is 15.3. The van der Waals surface area contributed by atoms with E-state index in [1.54, 1.807) is 0 Å². The van der Waals surface area contributed by atoms with Crippen molar-refractivity contribution < 1.29 is 24.6 Å². The standard InChI is InChI=1S/C22H26N4O.C2H2O4/c1-16(17-7-3-2-4-8-17)23-22(27)18-11-13-26(14-12-18)15-21-24-19-9-5-6-10-20(19)25-21;3-1(4)2(5)6/h2-10,16,18H,11-15H2,1H3,(H,23,27)(H,24,25);(H,3,4)(H,5,6). The second kappa shape index (κ2) is 11.2. The fourth-order valence-corrected chi connectivity index (χ4v) is 3.80. The van der Waals surface area contributed by atoms with Gasteiger partial charge < -0.3 is 20.5 Å². The van der Waals surface area contributed by atoms with Crippen LogP contribution in [0.15, 0.2) is 54.6 Å². The third kappa shape index (κ3) is 6.88. The molecule has 1 atom stereocenters. The van der Waals surface area contributed by atoms with Crippen molar-refractivity contribution in [2.75, 3.05) is 13.1 Å². The SMILES string of the molecule is CC(NC(=O)C1CCN(Cc2nc3ccccc3[nH]2)CC1)c1ccccc1.O=C(O)C(=O)O. The Balaban J connectivity index is 0.000000454. The molecule has 4 N–H and O–H groups in total. The van der Waals surface area contributed by atoms with E-state index in [1.165, 1.54) is 0 Å². The molecule has 0 spiro atoms. The van der Waals surface area contributed by atoms with Gasteiger partial charge in [-0.3, -0.25) is 9.69 Å². The van der Waals surface area contributed by atoms with Gasteiger partial charge in [0.2, 0.25) is 5.91 Å². The number of carboxylic acids is 2. The molecule has 0 aliphatic carbocycles. The second-order valence-corrected chi connectivity index (χ2v) is 8.00. The molecular formula is C24H28N4O5. The van der Waals surface area contributed by atoms with Crippen molar-refractivity contribution >= 4 is 28.9 Å². The number of carbonyl (C=O) groups is 3. The van der Waals surface area contributed by atoms with Crippen LogP contribution >= 0.6 is 0 Å². The van der Waals surface area contributed by atoms with E-state index < -0.39 is 11.9 Å². The number of fused-ring (bicyclic) bond motifs is 1. The van der Waals surface area contributed by atoms with Gasteiger partial charge in [0.05, 0.1) is 23.6 Å². The number of piperidine rings is 1. The van der Waals surface area contributed by atoms with Gasteiger partial charge in [-0.1, -0.05) is 42.5 Å². The van der Waals surface area contributed by atoms with E-state index in [0.29, 0.717) is 0 Å². The van der Waals surface area contributed by atoms with Gasteiger partial charge >= 0.3 is 11.9 Å². The van der Waals surface area contributed by atoms with Crippen LogP contribution in [-0.2, 0) is 20.9 Å². The Kier molecular flexibility index (Phi) is 8.15. The smallest absolute Gasteiger partial charge is 0.414 e. The quantitative estimate of drug-likeness (QED) is 0.437. The maximum atomic E-state index is 12.6. The molecule has 1 aliphatic rings. The molecular weight excluding hydrogens is 424 g/mol. The monoisotopic (exact) mass is 452 g/mol. The number of hydrogen-bond acceptors (Lipinski definition) is 5. The zero-order valence-corrected chi connectivity index (χ0v) is 18.4. The third-order valence-electron chi connectivity index (χ3n) is 5.61. The van der Waals surface area contributed by atoms with Crippen LogP contribution < -0.4 is 5.32 Å². The Morgan fingerprint density at radius 1 is 1.03 bits per heavy atom. The average Bonchev–Trinajstić information content (AvgIpc) is 3.22. The first-order chi connectivity index (χ1) is 15.8. The van der Waals surface area contributed by atoms with Gasteiger partial charge in [0.15, 0.2) is 0 Å². The maximum Gasteiger partial charge on any atom is 0.414 e. The lowest BCUT2D eigenvalue weighted by molar-refractivity contribution is -0.159. The third-order valence-corrected chi connectivity index (χ3v) is 5.61. The first-order valence-corrected chi connectivity index (χ1v) is 10.8. The summed E-state index contributed by atoms with van der Waals surface area (Å²) < 4.78 is 0. The number of carbonyl (C=O) groups excluding carboxylic acids is 1. The van der Waals surface area contributed by atoms with Crippen LogP contribution in [0.5, 0.6) is 0 Å². The number of hydrogen-bond donors (Lipinski definition) is 4. The number of benzene rings is 2. The highest BCUT2D eigenvalue weighted by atomic mass is 16.4. The number of amides is 1. The van der Waals surface area contributed by atoms with Gasteiger partial charge in [-0.05, 0) is 50.6 Å². The van der Waals surface area contributed by atoms with Crippen LogP contribution in [0, 0.1) is 5.92 Å². The van der Waals surface area contributed by atoms with Crippen LogP contribution in [-0.4, -0.2) is 56.0 Å².